The fourth-order valence-electron chi connectivity index (χ4n) is 5.82. The lowest BCUT2D eigenvalue weighted by atomic mass is 9.93. The molecule has 3 aliphatic heterocycles. The van der Waals surface area contributed by atoms with Gasteiger partial charge in [0.1, 0.15) is 18.0 Å². The van der Waals surface area contributed by atoms with Gasteiger partial charge in [-0.3, -0.25) is 14.8 Å². The van der Waals surface area contributed by atoms with E-state index in [0.717, 1.165) is 41.0 Å². The maximum Gasteiger partial charge on any atom is 0.416 e. The first-order chi connectivity index (χ1) is 21.0. The number of ketones is 1. The molecule has 0 bridgehead atoms. The van der Waals surface area contributed by atoms with E-state index in [4.69, 9.17) is 0 Å². The molecule has 0 amide bonds. The van der Waals surface area contributed by atoms with E-state index in [1.165, 1.54) is 18.2 Å². The van der Waals surface area contributed by atoms with Crippen molar-refractivity contribution in [1.82, 2.24) is 20.9 Å². The van der Waals surface area contributed by atoms with Gasteiger partial charge < -0.3 is 0 Å². The SMILES string of the molecule is O=C(C1=Cc2ccccc2[C@H]2NN3C(c4cccc(C(F)(F)F)c4)=Cc4ccccc4[C@@H]3NN12)c1cccc(C(F)(F)F)c1. The van der Waals surface area contributed by atoms with Crippen LogP contribution in [0.1, 0.15) is 61.6 Å². The van der Waals surface area contributed by atoms with Crippen LogP contribution in [0.25, 0.3) is 17.8 Å². The second-order valence-electron chi connectivity index (χ2n) is 10.6. The number of rotatable bonds is 3. The van der Waals surface area contributed by atoms with Crippen molar-refractivity contribution in [2.45, 2.75) is 24.7 Å². The molecule has 2 N–H and O–H groups in total. The molecule has 7 rings (SSSR count). The van der Waals surface area contributed by atoms with E-state index in [1.807, 2.05) is 36.4 Å². The van der Waals surface area contributed by atoms with Crippen LogP contribution in [-0.4, -0.2) is 15.8 Å². The van der Waals surface area contributed by atoms with Crippen LogP contribution in [0.2, 0.25) is 0 Å². The summed E-state index contributed by atoms with van der Waals surface area (Å²) in [6.07, 6.45) is -7.19. The van der Waals surface area contributed by atoms with E-state index in [0.29, 0.717) is 16.8 Å². The van der Waals surface area contributed by atoms with Crippen molar-refractivity contribution in [1.29, 1.82) is 0 Å². The van der Waals surface area contributed by atoms with Gasteiger partial charge in [-0.25, -0.2) is 10.9 Å². The fraction of sp³-hybridized carbons (Fsp3) is 0.121. The molecule has 4 aromatic rings. The molecule has 1 saturated heterocycles. The average molecular weight is 605 g/mol. The van der Waals surface area contributed by atoms with Crippen LogP contribution in [0.5, 0.6) is 0 Å². The fourth-order valence-corrected chi connectivity index (χ4v) is 5.82. The summed E-state index contributed by atoms with van der Waals surface area (Å²) in [7, 11) is 0. The molecule has 0 aliphatic carbocycles. The number of allylic oxidation sites excluding steroid dienone is 1. The highest BCUT2D eigenvalue weighted by Gasteiger charge is 2.44. The van der Waals surface area contributed by atoms with Crippen LogP contribution < -0.4 is 10.9 Å². The van der Waals surface area contributed by atoms with Gasteiger partial charge in [-0.1, -0.05) is 72.8 Å². The van der Waals surface area contributed by atoms with E-state index in [-0.39, 0.29) is 11.3 Å². The summed E-state index contributed by atoms with van der Waals surface area (Å²) < 4.78 is 81.5. The molecule has 0 saturated carbocycles. The van der Waals surface area contributed by atoms with Crippen molar-refractivity contribution in [3.8, 4) is 0 Å². The molecule has 11 heteroatoms. The number of nitrogens with zero attached hydrogens (tertiary/aromatic N) is 2. The number of benzene rings is 4. The van der Waals surface area contributed by atoms with Crippen molar-refractivity contribution in [2.24, 2.45) is 0 Å². The van der Waals surface area contributed by atoms with E-state index in [1.54, 1.807) is 40.4 Å². The maximum atomic E-state index is 13.9. The van der Waals surface area contributed by atoms with E-state index < -0.39 is 41.6 Å². The monoisotopic (exact) mass is 604 g/mol. The van der Waals surface area contributed by atoms with Gasteiger partial charge in [0.25, 0.3) is 0 Å². The predicted molar refractivity (Wildman–Crippen MR) is 151 cm³/mol. The molecule has 3 aliphatic rings. The van der Waals surface area contributed by atoms with Crippen molar-refractivity contribution in [2.75, 3.05) is 0 Å². The third-order valence-corrected chi connectivity index (χ3v) is 7.89. The molecular formula is C33H22F6N4O. The summed E-state index contributed by atoms with van der Waals surface area (Å²) in [5, 5.41) is 3.31. The average Bonchev–Trinajstić information content (AvgIpc) is 3.02. The Kier molecular flexibility index (Phi) is 6.41. The molecule has 222 valence electrons. The lowest BCUT2D eigenvalue weighted by Crippen LogP contribution is -2.64. The number of hydrogen-bond donors (Lipinski definition) is 2. The number of fused-ring (bicyclic) bond motifs is 6. The first-order valence-corrected chi connectivity index (χ1v) is 13.6. The lowest BCUT2D eigenvalue weighted by Gasteiger charge is -2.53. The molecule has 3 heterocycles. The van der Waals surface area contributed by atoms with E-state index in [2.05, 4.69) is 10.9 Å². The Balaban J connectivity index is 1.34. The van der Waals surface area contributed by atoms with E-state index in [9.17, 15) is 31.1 Å². The van der Waals surface area contributed by atoms with Gasteiger partial charge in [-0.15, -0.1) is 0 Å². The molecule has 5 nitrogen and oxygen atoms in total. The molecule has 4 aromatic carbocycles. The first kappa shape index (κ1) is 27.9. The minimum absolute atomic E-state index is 0.104. The Labute approximate surface area is 247 Å². The zero-order valence-corrected chi connectivity index (χ0v) is 22.6. The Morgan fingerprint density at radius 2 is 1.16 bits per heavy atom. The summed E-state index contributed by atoms with van der Waals surface area (Å²) in [4.78, 5) is 13.9. The first-order valence-electron chi connectivity index (χ1n) is 13.6. The van der Waals surface area contributed by atoms with E-state index >= 15 is 0 Å². The highest BCUT2D eigenvalue weighted by atomic mass is 19.4. The number of hydrogen-bond acceptors (Lipinski definition) is 5. The number of nitrogens with one attached hydrogen (secondary N) is 2. The molecule has 0 spiro atoms. The van der Waals surface area contributed by atoms with Crippen molar-refractivity contribution in [3.63, 3.8) is 0 Å². The van der Waals surface area contributed by atoms with Crippen molar-refractivity contribution < 1.29 is 31.1 Å². The third-order valence-electron chi connectivity index (χ3n) is 7.89. The molecule has 44 heavy (non-hydrogen) atoms. The maximum absolute atomic E-state index is 13.9. The summed E-state index contributed by atoms with van der Waals surface area (Å²) in [5.74, 6) is -0.629. The van der Waals surface area contributed by atoms with Gasteiger partial charge in [-0.05, 0) is 64.2 Å². The molecule has 0 radical (unpaired) electrons. The van der Waals surface area contributed by atoms with Crippen LogP contribution >= 0.6 is 0 Å². The lowest BCUT2D eigenvalue weighted by molar-refractivity contribution is -0.138. The molecule has 2 atom stereocenters. The summed E-state index contributed by atoms with van der Waals surface area (Å²) in [6, 6.07) is 23.9. The highest BCUT2D eigenvalue weighted by molar-refractivity contribution is 6.11. The summed E-state index contributed by atoms with van der Waals surface area (Å²) in [6.45, 7) is 0. The zero-order valence-electron chi connectivity index (χ0n) is 22.6. The number of carbonyl (C=O) groups is 1. The predicted octanol–water partition coefficient (Wildman–Crippen LogP) is 7.80. The van der Waals surface area contributed by atoms with Gasteiger partial charge >= 0.3 is 12.4 Å². The number of halogens is 6. The van der Waals surface area contributed by atoms with Gasteiger partial charge in [0.2, 0.25) is 5.78 Å². The normalized spacial score (nSPS) is 19.2. The molecular weight excluding hydrogens is 582 g/mol. The van der Waals surface area contributed by atoms with Crippen LogP contribution in [0.3, 0.4) is 0 Å². The van der Waals surface area contributed by atoms with Crippen LogP contribution in [-0.2, 0) is 12.4 Å². The quantitative estimate of drug-likeness (QED) is 0.185. The van der Waals surface area contributed by atoms with Gasteiger partial charge in [0, 0.05) is 5.56 Å². The Morgan fingerprint density at radius 3 is 1.82 bits per heavy atom. The zero-order chi connectivity index (χ0) is 30.8. The molecule has 0 aromatic heterocycles. The number of carbonyl (C=O) groups excluding carboxylic acids is 1. The largest absolute Gasteiger partial charge is 0.416 e. The van der Waals surface area contributed by atoms with Crippen molar-refractivity contribution in [3.05, 3.63) is 147 Å². The van der Waals surface area contributed by atoms with Crippen LogP contribution in [0.4, 0.5) is 26.3 Å². The standard InChI is InChI=1S/C33H22F6N4O/c34-32(35,36)23-11-5-9-21(15-23)27-17-19-7-1-3-13-25(19)30-41-43-28(29(44)22-10-6-12-24(16-22)33(37,38)39)18-20-8-2-4-14-26(20)31(43)40-42(27)30/h1-18,30-31,40-41H/t30-,31+/m1/s1. The summed E-state index contributed by atoms with van der Waals surface area (Å²) in [5.41, 5.74) is 8.74. The van der Waals surface area contributed by atoms with Crippen LogP contribution in [0.15, 0.2) is 103 Å². The number of hydrazine groups is 2. The minimum atomic E-state index is -4.63. The Bertz CT molecular complexity index is 1860. The van der Waals surface area contributed by atoms with Gasteiger partial charge in [0.05, 0.1) is 16.8 Å². The third kappa shape index (κ3) is 4.74. The minimum Gasteiger partial charge on any atom is -0.287 e. The summed E-state index contributed by atoms with van der Waals surface area (Å²) >= 11 is 0. The second kappa shape index (κ2) is 10.1. The Hall–Kier alpha value is -4.87. The van der Waals surface area contributed by atoms with Crippen molar-refractivity contribution >= 4 is 23.6 Å². The van der Waals surface area contributed by atoms with Gasteiger partial charge in [-0.2, -0.15) is 26.3 Å². The molecule has 1 fully saturated rings. The van der Waals surface area contributed by atoms with Crippen LogP contribution in [0, 0.1) is 0 Å². The smallest absolute Gasteiger partial charge is 0.287 e. The Morgan fingerprint density at radius 1 is 0.614 bits per heavy atom. The second-order valence-corrected chi connectivity index (χ2v) is 10.6. The topological polar surface area (TPSA) is 47.6 Å². The molecule has 0 unspecified atom stereocenters. The highest BCUT2D eigenvalue weighted by Crippen LogP contribution is 2.44. The number of alkyl halides is 6. The number of Topliss-reactive ketones (excluding diaryl/α,β-unsaturated/α-hetero) is 1. The van der Waals surface area contributed by atoms with Gasteiger partial charge in [0.15, 0.2) is 0 Å².